The molecule has 2 rings (SSSR count). The number of rotatable bonds is 9. The van der Waals surface area contributed by atoms with Crippen LogP contribution in [0.4, 0.5) is 0 Å². The second-order valence-corrected chi connectivity index (χ2v) is 6.06. The number of methoxy groups -OCH3 is 2. The molecule has 6 nitrogen and oxygen atoms in total. The van der Waals surface area contributed by atoms with E-state index in [0.717, 1.165) is 17.7 Å². The summed E-state index contributed by atoms with van der Waals surface area (Å²) in [5.74, 6) is 1.10. The van der Waals surface area contributed by atoms with Crippen LogP contribution in [-0.4, -0.2) is 50.6 Å². The lowest BCUT2D eigenvalue weighted by Crippen LogP contribution is -2.38. The first-order valence-electron chi connectivity index (χ1n) is 8.84. The molecule has 2 aromatic carbocycles. The zero-order valence-corrected chi connectivity index (χ0v) is 16.0. The first-order chi connectivity index (χ1) is 13.0. The van der Waals surface area contributed by atoms with Gasteiger partial charge in [-0.05, 0) is 36.2 Å². The van der Waals surface area contributed by atoms with E-state index >= 15 is 0 Å². The van der Waals surface area contributed by atoms with Crippen LogP contribution < -0.4 is 14.8 Å². The fourth-order valence-corrected chi connectivity index (χ4v) is 2.71. The Bertz CT molecular complexity index is 759. The molecule has 0 aliphatic rings. The molecule has 1 N–H and O–H groups in total. The minimum atomic E-state index is -0.217. The van der Waals surface area contributed by atoms with Gasteiger partial charge in [0.05, 0.1) is 19.8 Å². The second-order valence-electron chi connectivity index (χ2n) is 6.06. The molecular weight excluding hydrogens is 344 g/mol. The van der Waals surface area contributed by atoms with Crippen molar-refractivity contribution in [2.24, 2.45) is 0 Å². The Kier molecular flexibility index (Phi) is 7.67. The van der Waals surface area contributed by atoms with Gasteiger partial charge in [-0.15, -0.1) is 0 Å². The Morgan fingerprint density at radius 2 is 1.67 bits per heavy atom. The number of hydrogen-bond donors (Lipinski definition) is 1. The van der Waals surface area contributed by atoms with Crippen LogP contribution in [0.15, 0.2) is 48.5 Å². The quantitative estimate of drug-likeness (QED) is 0.737. The van der Waals surface area contributed by atoms with E-state index in [-0.39, 0.29) is 11.8 Å². The SMILES string of the molecule is COc1ccc(CCN(CCNC(=O)c2ccccc2OC)C(C)=O)cc1. The Balaban J connectivity index is 1.85. The molecule has 0 unspecified atom stereocenters. The number of para-hydroxylation sites is 1. The van der Waals surface area contributed by atoms with Crippen LogP contribution in [0.3, 0.4) is 0 Å². The normalized spacial score (nSPS) is 10.2. The van der Waals surface area contributed by atoms with Gasteiger partial charge < -0.3 is 19.7 Å². The number of carbonyl (C=O) groups is 2. The molecule has 6 heteroatoms. The van der Waals surface area contributed by atoms with Gasteiger partial charge in [-0.1, -0.05) is 24.3 Å². The van der Waals surface area contributed by atoms with Crippen LogP contribution in [-0.2, 0) is 11.2 Å². The minimum Gasteiger partial charge on any atom is -0.497 e. The van der Waals surface area contributed by atoms with Crippen LogP contribution in [0.2, 0.25) is 0 Å². The summed E-state index contributed by atoms with van der Waals surface area (Å²) in [4.78, 5) is 25.9. The number of benzene rings is 2. The highest BCUT2D eigenvalue weighted by molar-refractivity contribution is 5.96. The Morgan fingerprint density at radius 1 is 0.963 bits per heavy atom. The molecule has 27 heavy (non-hydrogen) atoms. The van der Waals surface area contributed by atoms with Gasteiger partial charge in [0.25, 0.3) is 5.91 Å². The van der Waals surface area contributed by atoms with E-state index in [1.807, 2.05) is 30.3 Å². The lowest BCUT2D eigenvalue weighted by atomic mass is 10.1. The molecule has 0 aliphatic carbocycles. The third-order valence-electron chi connectivity index (χ3n) is 4.29. The molecule has 144 valence electrons. The molecule has 0 spiro atoms. The summed E-state index contributed by atoms with van der Waals surface area (Å²) in [6.45, 7) is 2.95. The lowest BCUT2D eigenvalue weighted by molar-refractivity contribution is -0.128. The topological polar surface area (TPSA) is 67.9 Å². The van der Waals surface area contributed by atoms with Gasteiger partial charge in [0.15, 0.2) is 0 Å². The molecule has 0 radical (unpaired) electrons. The third kappa shape index (κ3) is 6.02. The van der Waals surface area contributed by atoms with Gasteiger partial charge in [0.2, 0.25) is 5.91 Å². The maximum Gasteiger partial charge on any atom is 0.255 e. The van der Waals surface area contributed by atoms with Crippen molar-refractivity contribution in [3.63, 3.8) is 0 Å². The summed E-state index contributed by atoms with van der Waals surface area (Å²) >= 11 is 0. The van der Waals surface area contributed by atoms with Crippen LogP contribution in [0.1, 0.15) is 22.8 Å². The second kappa shape index (κ2) is 10.2. The fraction of sp³-hybridized carbons (Fsp3) is 0.333. The summed E-state index contributed by atoms with van der Waals surface area (Å²) in [6.07, 6.45) is 0.740. The van der Waals surface area contributed by atoms with Crippen molar-refractivity contribution in [1.82, 2.24) is 10.2 Å². The van der Waals surface area contributed by atoms with Gasteiger partial charge in [0, 0.05) is 26.6 Å². The van der Waals surface area contributed by atoms with Crippen molar-refractivity contribution < 1.29 is 19.1 Å². The van der Waals surface area contributed by atoms with E-state index in [1.165, 1.54) is 14.0 Å². The van der Waals surface area contributed by atoms with Crippen molar-refractivity contribution in [2.75, 3.05) is 33.9 Å². The average molecular weight is 370 g/mol. The maximum absolute atomic E-state index is 12.3. The molecule has 0 fully saturated rings. The van der Waals surface area contributed by atoms with E-state index in [4.69, 9.17) is 9.47 Å². The highest BCUT2D eigenvalue weighted by atomic mass is 16.5. The van der Waals surface area contributed by atoms with Crippen molar-refractivity contribution in [3.05, 3.63) is 59.7 Å². The van der Waals surface area contributed by atoms with Crippen LogP contribution in [0.5, 0.6) is 11.5 Å². The van der Waals surface area contributed by atoms with E-state index in [9.17, 15) is 9.59 Å². The number of amides is 2. The molecule has 2 amide bonds. The monoisotopic (exact) mass is 370 g/mol. The number of nitrogens with one attached hydrogen (secondary N) is 1. The summed E-state index contributed by atoms with van der Waals surface area (Å²) in [5.41, 5.74) is 1.60. The Labute approximate surface area is 160 Å². The van der Waals surface area contributed by atoms with Crippen molar-refractivity contribution in [1.29, 1.82) is 0 Å². The number of ether oxygens (including phenoxy) is 2. The third-order valence-corrected chi connectivity index (χ3v) is 4.29. The number of nitrogens with zero attached hydrogens (tertiary/aromatic N) is 1. The average Bonchev–Trinajstić information content (AvgIpc) is 2.70. The molecule has 0 aliphatic heterocycles. The molecule has 2 aromatic rings. The molecule has 0 atom stereocenters. The zero-order valence-electron chi connectivity index (χ0n) is 16.0. The predicted molar refractivity (Wildman–Crippen MR) is 104 cm³/mol. The zero-order chi connectivity index (χ0) is 19.6. The van der Waals surface area contributed by atoms with Gasteiger partial charge in [0.1, 0.15) is 11.5 Å². The fourth-order valence-electron chi connectivity index (χ4n) is 2.71. The Hall–Kier alpha value is -3.02. The minimum absolute atomic E-state index is 0.0185. The predicted octanol–water partition coefficient (Wildman–Crippen LogP) is 2.52. The van der Waals surface area contributed by atoms with Crippen molar-refractivity contribution >= 4 is 11.8 Å². The first kappa shape index (κ1) is 20.3. The Morgan fingerprint density at radius 3 is 2.30 bits per heavy atom. The smallest absolute Gasteiger partial charge is 0.255 e. The highest BCUT2D eigenvalue weighted by Gasteiger charge is 2.13. The van der Waals surface area contributed by atoms with E-state index in [0.29, 0.717) is 30.9 Å². The number of carbonyl (C=O) groups excluding carboxylic acids is 2. The van der Waals surface area contributed by atoms with Crippen LogP contribution in [0, 0.1) is 0 Å². The van der Waals surface area contributed by atoms with Gasteiger partial charge >= 0.3 is 0 Å². The lowest BCUT2D eigenvalue weighted by Gasteiger charge is -2.21. The van der Waals surface area contributed by atoms with Crippen LogP contribution >= 0.6 is 0 Å². The molecule has 0 saturated heterocycles. The molecule has 0 aromatic heterocycles. The van der Waals surface area contributed by atoms with Gasteiger partial charge in [-0.3, -0.25) is 9.59 Å². The number of hydrogen-bond acceptors (Lipinski definition) is 4. The summed E-state index contributed by atoms with van der Waals surface area (Å²) in [6, 6.07) is 14.8. The summed E-state index contributed by atoms with van der Waals surface area (Å²) < 4.78 is 10.3. The standard InChI is InChI=1S/C21H26N2O4/c1-16(24)23(14-12-17-8-10-18(26-2)11-9-17)15-13-22-21(25)19-6-4-5-7-20(19)27-3/h4-11H,12-15H2,1-3H3,(H,22,25). The summed E-state index contributed by atoms with van der Waals surface area (Å²) in [5, 5.41) is 2.84. The van der Waals surface area contributed by atoms with E-state index in [1.54, 1.807) is 30.2 Å². The first-order valence-corrected chi connectivity index (χ1v) is 8.84. The molecule has 0 bridgehead atoms. The maximum atomic E-state index is 12.3. The highest BCUT2D eigenvalue weighted by Crippen LogP contribution is 2.16. The van der Waals surface area contributed by atoms with Crippen molar-refractivity contribution in [3.8, 4) is 11.5 Å². The summed E-state index contributed by atoms with van der Waals surface area (Å²) in [7, 11) is 3.16. The van der Waals surface area contributed by atoms with Crippen molar-refractivity contribution in [2.45, 2.75) is 13.3 Å². The van der Waals surface area contributed by atoms with Gasteiger partial charge in [-0.25, -0.2) is 0 Å². The molecule has 0 heterocycles. The molecular formula is C21H26N2O4. The van der Waals surface area contributed by atoms with Gasteiger partial charge in [-0.2, -0.15) is 0 Å². The largest absolute Gasteiger partial charge is 0.497 e. The molecule has 0 saturated carbocycles. The van der Waals surface area contributed by atoms with E-state index in [2.05, 4.69) is 5.32 Å². The van der Waals surface area contributed by atoms with E-state index < -0.39 is 0 Å². The van der Waals surface area contributed by atoms with Crippen LogP contribution in [0.25, 0.3) is 0 Å².